The molecule has 0 fully saturated rings. The Hall–Kier alpha value is -1.92. The highest BCUT2D eigenvalue weighted by Gasteiger charge is 2.01. The van der Waals surface area contributed by atoms with E-state index < -0.39 is 0 Å². The molecule has 6 nitrogen and oxygen atoms in total. The Balaban J connectivity index is 1.96. The van der Waals surface area contributed by atoms with Crippen LogP contribution in [0, 0.1) is 0 Å². The molecule has 22 heavy (non-hydrogen) atoms. The standard InChI is InChI=1S/C16H26N6/c17-9-1-3-11-19-14-7-5-13-6-8-15(22-16(13)21-14)20-12-4-2-10-18/h5-8H,1-4,9-12,17-18H2,(H2,19,20,21,22). The van der Waals surface area contributed by atoms with Crippen LogP contribution in [0.3, 0.4) is 0 Å². The quantitative estimate of drug-likeness (QED) is 0.500. The van der Waals surface area contributed by atoms with E-state index in [4.69, 9.17) is 11.5 Å². The molecule has 0 amide bonds. The largest absolute Gasteiger partial charge is 0.370 e. The number of rotatable bonds is 10. The Morgan fingerprint density at radius 2 is 1.23 bits per heavy atom. The van der Waals surface area contributed by atoms with Crippen LogP contribution in [0.15, 0.2) is 24.3 Å². The molecule has 0 aromatic carbocycles. The molecule has 120 valence electrons. The Kier molecular flexibility index (Phi) is 6.86. The van der Waals surface area contributed by atoms with Gasteiger partial charge in [0, 0.05) is 18.5 Å². The smallest absolute Gasteiger partial charge is 0.163 e. The molecule has 0 aliphatic rings. The van der Waals surface area contributed by atoms with E-state index in [1.807, 2.05) is 24.3 Å². The van der Waals surface area contributed by atoms with E-state index in [0.29, 0.717) is 0 Å². The molecule has 0 spiro atoms. The van der Waals surface area contributed by atoms with Gasteiger partial charge in [-0.25, -0.2) is 9.97 Å². The van der Waals surface area contributed by atoms with Gasteiger partial charge >= 0.3 is 0 Å². The second kappa shape index (κ2) is 9.17. The fourth-order valence-electron chi connectivity index (χ4n) is 2.17. The Morgan fingerprint density at radius 1 is 0.727 bits per heavy atom. The number of fused-ring (bicyclic) bond motifs is 1. The number of unbranched alkanes of at least 4 members (excludes halogenated alkanes) is 2. The Morgan fingerprint density at radius 3 is 1.68 bits per heavy atom. The minimum atomic E-state index is 0.730. The number of anilines is 2. The zero-order valence-corrected chi connectivity index (χ0v) is 13.0. The van der Waals surface area contributed by atoms with Gasteiger partial charge in [0.2, 0.25) is 0 Å². The van der Waals surface area contributed by atoms with Gasteiger partial charge in [0.15, 0.2) is 5.65 Å². The minimum absolute atomic E-state index is 0.730. The molecular weight excluding hydrogens is 276 g/mol. The summed E-state index contributed by atoms with van der Waals surface area (Å²) in [7, 11) is 0. The number of aromatic nitrogens is 2. The van der Waals surface area contributed by atoms with Gasteiger partial charge in [0.25, 0.3) is 0 Å². The molecule has 2 heterocycles. The zero-order chi connectivity index (χ0) is 15.6. The summed E-state index contributed by atoms with van der Waals surface area (Å²) >= 11 is 0. The molecule has 0 saturated heterocycles. The van der Waals surface area contributed by atoms with E-state index in [9.17, 15) is 0 Å². The summed E-state index contributed by atoms with van der Waals surface area (Å²) in [5.41, 5.74) is 11.7. The Labute approximate surface area is 131 Å². The van der Waals surface area contributed by atoms with Crippen molar-refractivity contribution in [2.24, 2.45) is 11.5 Å². The van der Waals surface area contributed by atoms with Crippen molar-refractivity contribution in [3.05, 3.63) is 24.3 Å². The lowest BCUT2D eigenvalue weighted by Gasteiger charge is -2.08. The number of pyridine rings is 2. The SMILES string of the molecule is NCCCCNc1ccc2ccc(NCCCCN)nc2n1. The second-order valence-corrected chi connectivity index (χ2v) is 5.28. The third kappa shape index (κ3) is 5.13. The molecule has 0 atom stereocenters. The number of hydrogen-bond donors (Lipinski definition) is 4. The average Bonchev–Trinajstić information content (AvgIpc) is 2.55. The van der Waals surface area contributed by atoms with Crippen LogP contribution in [-0.4, -0.2) is 36.1 Å². The minimum Gasteiger partial charge on any atom is -0.370 e. The number of hydrogen-bond acceptors (Lipinski definition) is 6. The van der Waals surface area contributed by atoms with Crippen LogP contribution in [0.4, 0.5) is 11.6 Å². The third-order valence-electron chi connectivity index (χ3n) is 3.43. The molecule has 0 aliphatic carbocycles. The summed E-state index contributed by atoms with van der Waals surface area (Å²) in [5, 5.41) is 7.66. The predicted octanol–water partition coefficient (Wildman–Crippen LogP) is 1.93. The fraction of sp³-hybridized carbons (Fsp3) is 0.500. The summed E-state index contributed by atoms with van der Waals surface area (Å²) in [6, 6.07) is 8.05. The van der Waals surface area contributed by atoms with Crippen molar-refractivity contribution in [3.8, 4) is 0 Å². The summed E-state index contributed by atoms with van der Waals surface area (Å²) < 4.78 is 0. The van der Waals surface area contributed by atoms with E-state index >= 15 is 0 Å². The molecule has 2 aromatic rings. The van der Waals surface area contributed by atoms with Crippen molar-refractivity contribution in [1.82, 2.24) is 9.97 Å². The molecule has 2 rings (SSSR count). The van der Waals surface area contributed by atoms with Crippen LogP contribution >= 0.6 is 0 Å². The van der Waals surface area contributed by atoms with E-state index in [-0.39, 0.29) is 0 Å². The van der Waals surface area contributed by atoms with Crippen LogP contribution in [0.5, 0.6) is 0 Å². The van der Waals surface area contributed by atoms with E-state index in [2.05, 4.69) is 20.6 Å². The lowest BCUT2D eigenvalue weighted by Crippen LogP contribution is -2.08. The van der Waals surface area contributed by atoms with Crippen molar-refractivity contribution in [2.75, 3.05) is 36.8 Å². The second-order valence-electron chi connectivity index (χ2n) is 5.28. The Bertz CT molecular complexity index is 525. The summed E-state index contributed by atoms with van der Waals surface area (Å²) in [4.78, 5) is 9.13. The topological polar surface area (TPSA) is 102 Å². The first-order chi connectivity index (χ1) is 10.8. The number of nitrogens with one attached hydrogen (secondary N) is 2. The maximum absolute atomic E-state index is 5.49. The highest BCUT2D eigenvalue weighted by molar-refractivity contribution is 5.78. The molecule has 0 aliphatic heterocycles. The van der Waals surface area contributed by atoms with Crippen LogP contribution in [0.2, 0.25) is 0 Å². The molecule has 2 aromatic heterocycles. The van der Waals surface area contributed by atoms with E-state index in [0.717, 1.165) is 74.5 Å². The lowest BCUT2D eigenvalue weighted by molar-refractivity contribution is 0.772. The predicted molar refractivity (Wildman–Crippen MR) is 93.1 cm³/mol. The maximum atomic E-state index is 5.49. The first kappa shape index (κ1) is 16.5. The molecule has 0 saturated carbocycles. The van der Waals surface area contributed by atoms with Gasteiger partial charge in [-0.2, -0.15) is 0 Å². The lowest BCUT2D eigenvalue weighted by atomic mass is 10.2. The number of nitrogens with zero attached hydrogens (tertiary/aromatic N) is 2. The van der Waals surface area contributed by atoms with E-state index in [1.165, 1.54) is 0 Å². The van der Waals surface area contributed by atoms with Crippen LogP contribution in [-0.2, 0) is 0 Å². The highest BCUT2D eigenvalue weighted by atomic mass is 15.0. The van der Waals surface area contributed by atoms with Crippen molar-refractivity contribution >= 4 is 22.7 Å². The van der Waals surface area contributed by atoms with Crippen molar-refractivity contribution in [2.45, 2.75) is 25.7 Å². The number of nitrogens with two attached hydrogens (primary N) is 2. The molecule has 0 radical (unpaired) electrons. The van der Waals surface area contributed by atoms with Crippen molar-refractivity contribution in [1.29, 1.82) is 0 Å². The monoisotopic (exact) mass is 302 g/mol. The normalized spacial score (nSPS) is 10.8. The van der Waals surface area contributed by atoms with Crippen LogP contribution in [0.25, 0.3) is 11.0 Å². The molecule has 0 unspecified atom stereocenters. The maximum Gasteiger partial charge on any atom is 0.163 e. The summed E-state index contributed by atoms with van der Waals surface area (Å²) in [6.07, 6.45) is 4.14. The molecular formula is C16H26N6. The van der Waals surface area contributed by atoms with Gasteiger partial charge in [0.1, 0.15) is 11.6 Å². The van der Waals surface area contributed by atoms with Gasteiger partial charge in [-0.05, 0) is 63.0 Å². The zero-order valence-electron chi connectivity index (χ0n) is 13.0. The molecule has 6 heteroatoms. The van der Waals surface area contributed by atoms with E-state index in [1.54, 1.807) is 0 Å². The van der Waals surface area contributed by atoms with Crippen molar-refractivity contribution < 1.29 is 0 Å². The summed E-state index contributed by atoms with van der Waals surface area (Å²) in [6.45, 7) is 3.22. The molecule has 0 bridgehead atoms. The third-order valence-corrected chi connectivity index (χ3v) is 3.43. The van der Waals surface area contributed by atoms with Gasteiger partial charge in [0.05, 0.1) is 0 Å². The van der Waals surface area contributed by atoms with Gasteiger partial charge in [-0.15, -0.1) is 0 Å². The average molecular weight is 302 g/mol. The summed E-state index contributed by atoms with van der Waals surface area (Å²) in [5.74, 6) is 1.72. The molecule has 6 N–H and O–H groups in total. The van der Waals surface area contributed by atoms with Gasteiger partial charge in [-0.1, -0.05) is 0 Å². The van der Waals surface area contributed by atoms with Gasteiger partial charge in [-0.3, -0.25) is 0 Å². The first-order valence-corrected chi connectivity index (χ1v) is 7.99. The highest BCUT2D eigenvalue weighted by Crippen LogP contribution is 2.16. The van der Waals surface area contributed by atoms with Crippen molar-refractivity contribution in [3.63, 3.8) is 0 Å². The fourth-order valence-corrected chi connectivity index (χ4v) is 2.17. The van der Waals surface area contributed by atoms with Crippen LogP contribution in [0.1, 0.15) is 25.7 Å². The van der Waals surface area contributed by atoms with Crippen LogP contribution < -0.4 is 22.1 Å². The van der Waals surface area contributed by atoms with Gasteiger partial charge < -0.3 is 22.1 Å². The first-order valence-electron chi connectivity index (χ1n) is 7.99.